The molecule has 2 N–H and O–H groups in total. The van der Waals surface area contributed by atoms with Gasteiger partial charge in [0.15, 0.2) is 0 Å². The Balaban J connectivity index is 2.13. The molecule has 0 aromatic carbocycles. The third kappa shape index (κ3) is 2.22. The number of hydroxylamine groups is 3. The minimum Gasteiger partial charge on any atom is -0.314 e. The predicted octanol–water partition coefficient (Wildman–Crippen LogP) is -0.00900. The summed E-state index contributed by atoms with van der Waals surface area (Å²) < 4.78 is 0. The van der Waals surface area contributed by atoms with Crippen molar-refractivity contribution in [1.82, 2.24) is 10.5 Å². The molecule has 0 radical (unpaired) electrons. The van der Waals surface area contributed by atoms with E-state index in [1.165, 1.54) is 5.06 Å². The Morgan fingerprint density at radius 2 is 2.10 bits per heavy atom. The molecule has 0 aromatic heterocycles. The summed E-state index contributed by atoms with van der Waals surface area (Å²) in [5.41, 5.74) is 2.87. The molecule has 4 heteroatoms. The van der Waals surface area contributed by atoms with E-state index in [4.69, 9.17) is 10.0 Å². The standard InChI is InChI=1S/C6H14N2O2/c1-10-7-6-2-4-8(9)5-3-6/h6-7,9H,2-5H2,1H3. The van der Waals surface area contributed by atoms with Crippen LogP contribution in [0.5, 0.6) is 0 Å². The van der Waals surface area contributed by atoms with Gasteiger partial charge in [0.1, 0.15) is 0 Å². The quantitative estimate of drug-likeness (QED) is 0.538. The molecule has 1 saturated heterocycles. The minimum atomic E-state index is 0.411. The molecule has 0 aromatic rings. The molecule has 0 amide bonds. The van der Waals surface area contributed by atoms with E-state index < -0.39 is 0 Å². The van der Waals surface area contributed by atoms with Gasteiger partial charge in [0.05, 0.1) is 7.11 Å². The summed E-state index contributed by atoms with van der Waals surface area (Å²) in [5.74, 6) is 0. The summed E-state index contributed by atoms with van der Waals surface area (Å²) in [6, 6.07) is 0.411. The Bertz CT molecular complexity index is 91.7. The first kappa shape index (κ1) is 7.94. The van der Waals surface area contributed by atoms with E-state index in [2.05, 4.69) is 5.48 Å². The number of piperidine rings is 1. The Hall–Kier alpha value is -0.160. The average Bonchev–Trinajstić information content (AvgIpc) is 1.95. The van der Waals surface area contributed by atoms with Gasteiger partial charge in [0.2, 0.25) is 0 Å². The van der Waals surface area contributed by atoms with Crippen LogP contribution < -0.4 is 5.48 Å². The van der Waals surface area contributed by atoms with Crippen LogP contribution in [-0.4, -0.2) is 36.5 Å². The molecule has 0 unspecified atom stereocenters. The lowest BCUT2D eigenvalue weighted by atomic mass is 10.1. The molecule has 4 nitrogen and oxygen atoms in total. The fraction of sp³-hybridized carbons (Fsp3) is 1.00. The number of hydrogen-bond acceptors (Lipinski definition) is 4. The Kier molecular flexibility index (Phi) is 3.08. The first-order valence-corrected chi connectivity index (χ1v) is 3.55. The van der Waals surface area contributed by atoms with E-state index in [1.807, 2.05) is 0 Å². The maximum absolute atomic E-state index is 8.96. The molecule has 0 bridgehead atoms. The van der Waals surface area contributed by atoms with E-state index in [1.54, 1.807) is 7.11 Å². The van der Waals surface area contributed by atoms with Gasteiger partial charge in [0, 0.05) is 19.1 Å². The molecule has 60 valence electrons. The van der Waals surface area contributed by atoms with Crippen LogP contribution in [0.1, 0.15) is 12.8 Å². The Labute approximate surface area is 60.7 Å². The topological polar surface area (TPSA) is 44.7 Å². The van der Waals surface area contributed by atoms with Crippen LogP contribution >= 0.6 is 0 Å². The first-order valence-electron chi connectivity index (χ1n) is 3.55. The van der Waals surface area contributed by atoms with Crippen LogP contribution in [0.2, 0.25) is 0 Å². The second kappa shape index (κ2) is 3.88. The largest absolute Gasteiger partial charge is 0.314 e. The van der Waals surface area contributed by atoms with Crippen LogP contribution in [0, 0.1) is 0 Å². The van der Waals surface area contributed by atoms with Crippen molar-refractivity contribution < 1.29 is 10.0 Å². The zero-order valence-corrected chi connectivity index (χ0v) is 6.21. The van der Waals surface area contributed by atoms with Crippen LogP contribution in [-0.2, 0) is 4.84 Å². The number of hydrogen-bond donors (Lipinski definition) is 2. The molecular weight excluding hydrogens is 132 g/mol. The summed E-state index contributed by atoms with van der Waals surface area (Å²) in [7, 11) is 1.62. The summed E-state index contributed by atoms with van der Waals surface area (Å²) in [4.78, 5) is 4.77. The molecule has 0 aliphatic carbocycles. The monoisotopic (exact) mass is 146 g/mol. The zero-order valence-electron chi connectivity index (χ0n) is 6.21. The van der Waals surface area contributed by atoms with Crippen molar-refractivity contribution >= 4 is 0 Å². The van der Waals surface area contributed by atoms with Gasteiger partial charge >= 0.3 is 0 Å². The molecule has 1 aliphatic heterocycles. The van der Waals surface area contributed by atoms with Gasteiger partial charge in [0.25, 0.3) is 0 Å². The molecule has 0 saturated carbocycles. The normalized spacial score (nSPS) is 23.4. The lowest BCUT2D eigenvalue weighted by Gasteiger charge is -2.26. The van der Waals surface area contributed by atoms with Gasteiger partial charge in [-0.2, -0.15) is 10.5 Å². The number of nitrogens with one attached hydrogen (secondary N) is 1. The van der Waals surface area contributed by atoms with Gasteiger partial charge in [-0.05, 0) is 12.8 Å². The van der Waals surface area contributed by atoms with Gasteiger partial charge in [-0.1, -0.05) is 0 Å². The van der Waals surface area contributed by atoms with Crippen LogP contribution in [0.25, 0.3) is 0 Å². The molecule has 1 rings (SSSR count). The molecule has 0 spiro atoms. The minimum absolute atomic E-state index is 0.411. The highest BCUT2D eigenvalue weighted by molar-refractivity contribution is 4.69. The molecule has 1 aliphatic rings. The van der Waals surface area contributed by atoms with Crippen molar-refractivity contribution in [3.8, 4) is 0 Å². The SMILES string of the molecule is CONC1CCN(O)CC1. The van der Waals surface area contributed by atoms with Gasteiger partial charge in [-0.3, -0.25) is 0 Å². The van der Waals surface area contributed by atoms with Crippen LogP contribution in [0.3, 0.4) is 0 Å². The maximum Gasteiger partial charge on any atom is 0.0572 e. The zero-order chi connectivity index (χ0) is 7.40. The lowest BCUT2D eigenvalue weighted by Crippen LogP contribution is -2.40. The summed E-state index contributed by atoms with van der Waals surface area (Å²) >= 11 is 0. The van der Waals surface area contributed by atoms with E-state index in [0.29, 0.717) is 6.04 Å². The molecule has 10 heavy (non-hydrogen) atoms. The molecule has 1 heterocycles. The third-order valence-corrected chi connectivity index (χ3v) is 1.76. The third-order valence-electron chi connectivity index (χ3n) is 1.76. The van der Waals surface area contributed by atoms with Crippen molar-refractivity contribution in [3.63, 3.8) is 0 Å². The fourth-order valence-electron chi connectivity index (χ4n) is 1.15. The highest BCUT2D eigenvalue weighted by Gasteiger charge is 2.16. The van der Waals surface area contributed by atoms with E-state index >= 15 is 0 Å². The van der Waals surface area contributed by atoms with E-state index in [0.717, 1.165) is 25.9 Å². The van der Waals surface area contributed by atoms with Crippen LogP contribution in [0.4, 0.5) is 0 Å². The highest BCUT2D eigenvalue weighted by atomic mass is 16.6. The Morgan fingerprint density at radius 1 is 1.50 bits per heavy atom. The number of rotatable bonds is 2. The molecule has 1 fully saturated rings. The Morgan fingerprint density at radius 3 is 2.60 bits per heavy atom. The van der Waals surface area contributed by atoms with Gasteiger partial charge in [-0.25, -0.2) is 0 Å². The van der Waals surface area contributed by atoms with Gasteiger partial charge in [-0.15, -0.1) is 0 Å². The van der Waals surface area contributed by atoms with E-state index in [-0.39, 0.29) is 0 Å². The first-order chi connectivity index (χ1) is 4.83. The smallest absolute Gasteiger partial charge is 0.0572 e. The molecular formula is C6H14N2O2. The van der Waals surface area contributed by atoms with Crippen LogP contribution in [0.15, 0.2) is 0 Å². The second-order valence-corrected chi connectivity index (χ2v) is 2.55. The second-order valence-electron chi connectivity index (χ2n) is 2.55. The van der Waals surface area contributed by atoms with Crippen molar-refractivity contribution in [2.24, 2.45) is 0 Å². The molecule has 0 atom stereocenters. The van der Waals surface area contributed by atoms with E-state index in [9.17, 15) is 0 Å². The maximum atomic E-state index is 8.96. The summed E-state index contributed by atoms with van der Waals surface area (Å²) in [6.45, 7) is 1.47. The van der Waals surface area contributed by atoms with Gasteiger partial charge < -0.3 is 10.0 Å². The van der Waals surface area contributed by atoms with Crippen molar-refractivity contribution in [2.75, 3.05) is 20.2 Å². The van der Waals surface area contributed by atoms with Crippen molar-refractivity contribution in [2.45, 2.75) is 18.9 Å². The highest BCUT2D eigenvalue weighted by Crippen LogP contribution is 2.06. The van der Waals surface area contributed by atoms with Crippen molar-refractivity contribution in [1.29, 1.82) is 0 Å². The average molecular weight is 146 g/mol. The summed E-state index contributed by atoms with van der Waals surface area (Å²) in [6.07, 6.45) is 1.90. The van der Waals surface area contributed by atoms with Crippen molar-refractivity contribution in [3.05, 3.63) is 0 Å². The summed E-state index contributed by atoms with van der Waals surface area (Å²) in [5, 5.41) is 10.3. The predicted molar refractivity (Wildman–Crippen MR) is 36.5 cm³/mol. The number of nitrogens with zero attached hydrogens (tertiary/aromatic N) is 1. The lowest BCUT2D eigenvalue weighted by molar-refractivity contribution is -0.116. The fourth-order valence-corrected chi connectivity index (χ4v) is 1.15.